The van der Waals surface area contributed by atoms with Crippen LogP contribution in [0.3, 0.4) is 0 Å². The SMILES string of the molecule is Cc1ccc2nc(NC(=O)C(Sc3cccc(NC(=O)/C(=C/c4ccsc4)NC(=O)c4ccccc4)c3)c3ccccc3)sc2c1. The Morgan fingerprint density at radius 3 is 2.39 bits per heavy atom. The van der Waals surface area contributed by atoms with Gasteiger partial charge in [0, 0.05) is 16.1 Å². The summed E-state index contributed by atoms with van der Waals surface area (Å²) in [7, 11) is 0. The van der Waals surface area contributed by atoms with E-state index in [4.69, 9.17) is 0 Å². The lowest BCUT2D eigenvalue weighted by atomic mass is 10.1. The lowest BCUT2D eigenvalue weighted by molar-refractivity contribution is -0.116. The van der Waals surface area contributed by atoms with Crippen molar-refractivity contribution in [3.05, 3.63) is 148 Å². The van der Waals surface area contributed by atoms with Gasteiger partial charge < -0.3 is 16.0 Å². The number of aromatic nitrogens is 1. The maximum Gasteiger partial charge on any atom is 0.272 e. The number of thiophene rings is 1. The zero-order chi connectivity index (χ0) is 31.9. The molecule has 0 aliphatic carbocycles. The molecule has 3 N–H and O–H groups in total. The fraction of sp³-hybridized carbons (Fsp3) is 0.0556. The molecular formula is C36H28N4O3S3. The molecule has 0 fully saturated rings. The first-order valence-electron chi connectivity index (χ1n) is 14.3. The highest BCUT2D eigenvalue weighted by Crippen LogP contribution is 2.38. The Morgan fingerprint density at radius 1 is 0.848 bits per heavy atom. The summed E-state index contributed by atoms with van der Waals surface area (Å²) in [6.07, 6.45) is 1.64. The number of hydrogen-bond acceptors (Lipinski definition) is 7. The number of aryl methyl sites for hydroxylation is 1. The Hall–Kier alpha value is -5.03. The third kappa shape index (κ3) is 7.78. The van der Waals surface area contributed by atoms with Crippen LogP contribution in [0.15, 0.2) is 131 Å². The number of thioether (sulfide) groups is 1. The topological polar surface area (TPSA) is 100 Å². The number of fused-ring (bicyclic) bond motifs is 1. The number of rotatable bonds is 10. The van der Waals surface area contributed by atoms with Gasteiger partial charge in [-0.2, -0.15) is 11.3 Å². The van der Waals surface area contributed by atoms with Crippen molar-refractivity contribution >= 4 is 79.3 Å². The van der Waals surface area contributed by atoms with Crippen LogP contribution in [0.2, 0.25) is 0 Å². The molecule has 1 atom stereocenters. The van der Waals surface area contributed by atoms with Gasteiger partial charge in [-0.05, 0) is 89.0 Å². The molecule has 3 amide bonds. The van der Waals surface area contributed by atoms with E-state index < -0.39 is 11.2 Å². The molecule has 1 unspecified atom stereocenters. The highest BCUT2D eigenvalue weighted by Gasteiger charge is 2.24. The normalized spacial score (nSPS) is 12.0. The molecule has 2 aromatic heterocycles. The summed E-state index contributed by atoms with van der Waals surface area (Å²) in [5.74, 6) is -1.06. The maximum absolute atomic E-state index is 13.7. The second-order valence-electron chi connectivity index (χ2n) is 10.3. The first kappa shape index (κ1) is 31.0. The average Bonchev–Trinajstić information content (AvgIpc) is 3.73. The zero-order valence-corrected chi connectivity index (χ0v) is 27.0. The van der Waals surface area contributed by atoms with E-state index in [1.54, 1.807) is 36.4 Å². The quantitative estimate of drug-likeness (QED) is 0.101. The van der Waals surface area contributed by atoms with Crippen molar-refractivity contribution < 1.29 is 14.4 Å². The molecule has 0 saturated heterocycles. The number of nitrogens with one attached hydrogen (secondary N) is 3. The fourth-order valence-corrected chi connectivity index (χ4v) is 7.27. The number of amides is 3. The molecule has 46 heavy (non-hydrogen) atoms. The summed E-state index contributed by atoms with van der Waals surface area (Å²) in [4.78, 5) is 45.5. The summed E-state index contributed by atoms with van der Waals surface area (Å²) in [5, 5.41) is 12.4. The van der Waals surface area contributed by atoms with E-state index in [-0.39, 0.29) is 17.5 Å². The molecule has 0 spiro atoms. The van der Waals surface area contributed by atoms with Gasteiger partial charge >= 0.3 is 0 Å². The minimum Gasteiger partial charge on any atom is -0.321 e. The molecule has 0 saturated carbocycles. The van der Waals surface area contributed by atoms with E-state index >= 15 is 0 Å². The predicted molar refractivity (Wildman–Crippen MR) is 189 cm³/mol. The van der Waals surface area contributed by atoms with E-state index in [9.17, 15) is 14.4 Å². The number of benzene rings is 4. The third-order valence-corrected chi connectivity index (χ3v) is 9.73. The number of thiazole rings is 1. The Morgan fingerprint density at radius 2 is 1.63 bits per heavy atom. The van der Waals surface area contributed by atoms with Gasteiger partial charge in [-0.15, -0.1) is 11.8 Å². The van der Waals surface area contributed by atoms with Gasteiger partial charge in [0.05, 0.1) is 10.2 Å². The van der Waals surface area contributed by atoms with Gasteiger partial charge in [0.15, 0.2) is 5.13 Å². The average molecular weight is 661 g/mol. The fourth-order valence-electron chi connectivity index (χ4n) is 4.60. The lowest BCUT2D eigenvalue weighted by Crippen LogP contribution is -2.30. The molecule has 6 rings (SSSR count). The summed E-state index contributed by atoms with van der Waals surface area (Å²) in [6, 6.07) is 33.4. The van der Waals surface area contributed by atoms with Crippen LogP contribution in [0, 0.1) is 6.92 Å². The van der Waals surface area contributed by atoms with Gasteiger partial charge in [-0.1, -0.05) is 72.0 Å². The number of nitrogens with zero attached hydrogens (tertiary/aromatic N) is 1. The van der Waals surface area contributed by atoms with E-state index in [0.29, 0.717) is 16.4 Å². The van der Waals surface area contributed by atoms with Crippen molar-refractivity contribution in [2.24, 2.45) is 0 Å². The highest BCUT2D eigenvalue weighted by molar-refractivity contribution is 8.00. The molecule has 0 aliphatic rings. The van der Waals surface area contributed by atoms with Gasteiger partial charge in [-0.25, -0.2) is 4.98 Å². The second kappa shape index (κ2) is 14.4. The minimum atomic E-state index is -0.583. The summed E-state index contributed by atoms with van der Waals surface area (Å²) in [6.45, 7) is 2.03. The van der Waals surface area contributed by atoms with Crippen molar-refractivity contribution in [3.63, 3.8) is 0 Å². The Balaban J connectivity index is 1.21. The lowest BCUT2D eigenvalue weighted by Gasteiger charge is -2.17. The standard InChI is InChI=1S/C36H28N4O3S3/c1-23-15-16-29-31(19-23)46-36(39-29)40-35(43)32(25-9-4-2-5-10-25)45-28-14-8-13-27(21-28)37-34(42)30(20-24-17-18-44-22-24)38-33(41)26-11-6-3-7-12-26/h2-22,32H,1H3,(H,37,42)(H,38,41)(H,39,40,43)/b30-20-. The van der Waals surface area contributed by atoms with E-state index in [2.05, 4.69) is 27.0 Å². The Bertz CT molecular complexity index is 2020. The van der Waals surface area contributed by atoms with E-state index in [0.717, 1.165) is 31.8 Å². The van der Waals surface area contributed by atoms with Crippen molar-refractivity contribution in [3.8, 4) is 0 Å². The van der Waals surface area contributed by atoms with E-state index in [1.165, 1.54) is 34.4 Å². The smallest absolute Gasteiger partial charge is 0.272 e. The van der Waals surface area contributed by atoms with Gasteiger partial charge in [0.25, 0.3) is 11.8 Å². The largest absolute Gasteiger partial charge is 0.321 e. The predicted octanol–water partition coefficient (Wildman–Crippen LogP) is 8.55. The molecule has 7 nitrogen and oxygen atoms in total. The molecule has 10 heteroatoms. The van der Waals surface area contributed by atoms with Crippen LogP contribution in [0.5, 0.6) is 0 Å². The molecule has 0 bridgehead atoms. The number of hydrogen-bond donors (Lipinski definition) is 3. The van der Waals surface area contributed by atoms with Crippen molar-refractivity contribution in [2.45, 2.75) is 17.1 Å². The molecule has 6 aromatic rings. The van der Waals surface area contributed by atoms with Crippen LogP contribution < -0.4 is 16.0 Å². The monoisotopic (exact) mass is 660 g/mol. The molecule has 2 heterocycles. The van der Waals surface area contributed by atoms with Crippen molar-refractivity contribution in [1.82, 2.24) is 10.3 Å². The molecule has 0 radical (unpaired) electrons. The molecule has 228 valence electrons. The summed E-state index contributed by atoms with van der Waals surface area (Å²) < 4.78 is 1.01. The summed E-state index contributed by atoms with van der Waals surface area (Å²) in [5.41, 5.74) is 4.67. The Kier molecular flexibility index (Phi) is 9.68. The number of carbonyl (C=O) groups is 3. The van der Waals surface area contributed by atoms with Crippen LogP contribution in [-0.2, 0) is 9.59 Å². The van der Waals surface area contributed by atoms with Crippen LogP contribution in [0.4, 0.5) is 10.8 Å². The molecule has 4 aromatic carbocycles. The van der Waals surface area contributed by atoms with Crippen LogP contribution in [0.1, 0.15) is 32.3 Å². The van der Waals surface area contributed by atoms with Crippen LogP contribution in [0.25, 0.3) is 16.3 Å². The van der Waals surface area contributed by atoms with Gasteiger partial charge in [0.2, 0.25) is 5.91 Å². The number of anilines is 2. The zero-order valence-electron chi connectivity index (χ0n) is 24.6. The van der Waals surface area contributed by atoms with Gasteiger partial charge in [-0.3, -0.25) is 14.4 Å². The minimum absolute atomic E-state index is 0.109. The second-order valence-corrected chi connectivity index (χ2v) is 13.3. The van der Waals surface area contributed by atoms with Crippen LogP contribution in [-0.4, -0.2) is 22.7 Å². The van der Waals surface area contributed by atoms with Crippen molar-refractivity contribution in [2.75, 3.05) is 10.6 Å². The Labute approximate surface area is 278 Å². The first-order valence-corrected chi connectivity index (χ1v) is 17.0. The molecular weight excluding hydrogens is 633 g/mol. The first-order chi connectivity index (χ1) is 22.4. The highest BCUT2D eigenvalue weighted by atomic mass is 32.2. The maximum atomic E-state index is 13.7. The third-order valence-electron chi connectivity index (χ3n) is 6.84. The van der Waals surface area contributed by atoms with E-state index in [1.807, 2.05) is 90.5 Å². The molecule has 0 aliphatic heterocycles. The van der Waals surface area contributed by atoms with Crippen LogP contribution >= 0.6 is 34.4 Å². The van der Waals surface area contributed by atoms with Gasteiger partial charge in [0.1, 0.15) is 10.9 Å². The number of carbonyl (C=O) groups excluding carboxylic acids is 3. The summed E-state index contributed by atoms with van der Waals surface area (Å²) >= 11 is 4.30. The van der Waals surface area contributed by atoms with Crippen molar-refractivity contribution in [1.29, 1.82) is 0 Å².